The van der Waals surface area contributed by atoms with E-state index in [1.165, 1.54) is 25.1 Å². The van der Waals surface area contributed by atoms with Crippen LogP contribution >= 0.6 is 0 Å². The van der Waals surface area contributed by atoms with Crippen molar-refractivity contribution in [3.05, 3.63) is 23.8 Å². The summed E-state index contributed by atoms with van der Waals surface area (Å²) in [5.41, 5.74) is 0.831. The zero-order valence-corrected chi connectivity index (χ0v) is 9.67. The quantitative estimate of drug-likeness (QED) is 0.797. The number of ether oxygens (including phenoxy) is 1. The second kappa shape index (κ2) is 4.48. The molecular formula is C12H11NO5. The molecule has 0 saturated heterocycles. The van der Waals surface area contributed by atoms with E-state index < -0.39 is 18.4 Å². The Labute approximate surface area is 103 Å². The molecule has 1 N–H and O–H groups in total. The summed E-state index contributed by atoms with van der Waals surface area (Å²) in [6.45, 7) is 0.779. The number of carboxylic acids is 1. The summed E-state index contributed by atoms with van der Waals surface area (Å²) in [6, 6.07) is 4.57. The van der Waals surface area contributed by atoms with Gasteiger partial charge in [0.25, 0.3) is 5.91 Å². The number of hydrogen-bond acceptors (Lipinski definition) is 4. The molecular weight excluding hydrogens is 238 g/mol. The minimum Gasteiger partial charge on any atom is -0.482 e. The monoisotopic (exact) mass is 249 g/mol. The fourth-order valence-electron chi connectivity index (χ4n) is 1.73. The third-order valence-electron chi connectivity index (χ3n) is 2.60. The van der Waals surface area contributed by atoms with Crippen LogP contribution in [0.5, 0.6) is 5.75 Å². The summed E-state index contributed by atoms with van der Waals surface area (Å²) < 4.78 is 5.20. The molecule has 1 aromatic rings. The number of ketones is 1. The lowest BCUT2D eigenvalue weighted by molar-refractivity contribution is -0.137. The van der Waals surface area contributed by atoms with E-state index in [0.29, 0.717) is 17.0 Å². The molecule has 0 radical (unpaired) electrons. The summed E-state index contributed by atoms with van der Waals surface area (Å²) in [7, 11) is 0. The van der Waals surface area contributed by atoms with Crippen LogP contribution in [-0.2, 0) is 9.59 Å². The molecule has 0 fully saturated rings. The largest absolute Gasteiger partial charge is 0.482 e. The van der Waals surface area contributed by atoms with E-state index in [2.05, 4.69) is 0 Å². The Morgan fingerprint density at radius 3 is 2.78 bits per heavy atom. The van der Waals surface area contributed by atoms with E-state index in [1.54, 1.807) is 0 Å². The van der Waals surface area contributed by atoms with E-state index in [9.17, 15) is 14.4 Å². The van der Waals surface area contributed by atoms with Gasteiger partial charge in [0, 0.05) is 5.56 Å². The number of anilines is 1. The van der Waals surface area contributed by atoms with Crippen molar-refractivity contribution in [2.75, 3.05) is 18.1 Å². The summed E-state index contributed by atoms with van der Waals surface area (Å²) in [6.07, 6.45) is 0. The van der Waals surface area contributed by atoms with Crippen molar-refractivity contribution in [2.24, 2.45) is 0 Å². The van der Waals surface area contributed by atoms with Crippen LogP contribution < -0.4 is 9.64 Å². The Hall–Kier alpha value is -2.37. The Morgan fingerprint density at radius 2 is 2.17 bits per heavy atom. The smallest absolute Gasteiger partial charge is 0.323 e. The predicted molar refractivity (Wildman–Crippen MR) is 61.9 cm³/mol. The molecule has 0 aliphatic carbocycles. The van der Waals surface area contributed by atoms with Crippen LogP contribution in [0, 0.1) is 0 Å². The van der Waals surface area contributed by atoms with Gasteiger partial charge in [-0.3, -0.25) is 19.3 Å². The number of rotatable bonds is 3. The first-order valence-electron chi connectivity index (χ1n) is 5.29. The summed E-state index contributed by atoms with van der Waals surface area (Å²) in [5.74, 6) is -1.29. The van der Waals surface area contributed by atoms with E-state index in [-0.39, 0.29) is 12.4 Å². The summed E-state index contributed by atoms with van der Waals surface area (Å²) in [5, 5.41) is 8.76. The number of Topliss-reactive ketones (excluding diaryl/α,β-unsaturated/α-hetero) is 1. The minimum absolute atomic E-state index is 0.122. The van der Waals surface area contributed by atoms with Crippen LogP contribution in [0.15, 0.2) is 18.2 Å². The molecule has 1 aliphatic heterocycles. The van der Waals surface area contributed by atoms with Crippen molar-refractivity contribution in [3.8, 4) is 5.75 Å². The van der Waals surface area contributed by atoms with Gasteiger partial charge in [-0.25, -0.2) is 0 Å². The number of benzene rings is 1. The number of amides is 1. The highest BCUT2D eigenvalue weighted by Crippen LogP contribution is 2.32. The lowest BCUT2D eigenvalue weighted by atomic mass is 10.1. The third-order valence-corrected chi connectivity index (χ3v) is 2.60. The van der Waals surface area contributed by atoms with Crippen molar-refractivity contribution in [2.45, 2.75) is 6.92 Å². The van der Waals surface area contributed by atoms with Crippen LogP contribution in [0.3, 0.4) is 0 Å². The van der Waals surface area contributed by atoms with E-state index in [0.717, 1.165) is 4.90 Å². The maximum Gasteiger partial charge on any atom is 0.323 e. The molecule has 0 saturated carbocycles. The van der Waals surface area contributed by atoms with Crippen molar-refractivity contribution in [1.82, 2.24) is 0 Å². The van der Waals surface area contributed by atoms with Crippen molar-refractivity contribution < 1.29 is 24.2 Å². The zero-order valence-electron chi connectivity index (χ0n) is 9.67. The van der Waals surface area contributed by atoms with Crippen LogP contribution in [0.4, 0.5) is 5.69 Å². The Bertz CT molecular complexity index is 537. The van der Waals surface area contributed by atoms with E-state index >= 15 is 0 Å². The van der Waals surface area contributed by atoms with Gasteiger partial charge in [0.15, 0.2) is 12.4 Å². The molecule has 0 aromatic heterocycles. The van der Waals surface area contributed by atoms with Gasteiger partial charge < -0.3 is 9.84 Å². The van der Waals surface area contributed by atoms with Crippen LogP contribution in [-0.4, -0.2) is 35.9 Å². The van der Waals surface area contributed by atoms with Gasteiger partial charge >= 0.3 is 5.97 Å². The van der Waals surface area contributed by atoms with Gasteiger partial charge in [-0.05, 0) is 25.1 Å². The van der Waals surface area contributed by atoms with Crippen molar-refractivity contribution >= 4 is 23.3 Å². The summed E-state index contributed by atoms with van der Waals surface area (Å²) in [4.78, 5) is 34.6. The average molecular weight is 249 g/mol. The number of carbonyl (C=O) groups is 3. The SMILES string of the molecule is CC(=O)c1ccc2c(c1)OCC(=O)N2CC(=O)O. The molecule has 0 atom stereocenters. The first-order chi connectivity index (χ1) is 8.49. The van der Waals surface area contributed by atoms with Crippen LogP contribution in [0.2, 0.25) is 0 Å². The van der Waals surface area contributed by atoms with Gasteiger partial charge in [0.05, 0.1) is 5.69 Å². The average Bonchev–Trinajstić information content (AvgIpc) is 2.31. The highest BCUT2D eigenvalue weighted by Gasteiger charge is 2.27. The minimum atomic E-state index is -1.10. The number of carboxylic acid groups (broad SMARTS) is 1. The number of aliphatic carboxylic acids is 1. The molecule has 6 heteroatoms. The molecule has 2 rings (SSSR count). The Balaban J connectivity index is 2.41. The normalized spacial score (nSPS) is 13.8. The fourth-order valence-corrected chi connectivity index (χ4v) is 1.73. The standard InChI is InChI=1S/C12H11NO5/c1-7(14)8-2-3-9-10(4-8)18-6-11(15)13(9)5-12(16)17/h2-4H,5-6H2,1H3,(H,16,17). The molecule has 0 bridgehead atoms. The summed E-state index contributed by atoms with van der Waals surface area (Å²) >= 11 is 0. The zero-order chi connectivity index (χ0) is 13.3. The Kier molecular flexibility index (Phi) is 3.01. The second-order valence-electron chi connectivity index (χ2n) is 3.90. The van der Waals surface area contributed by atoms with Gasteiger partial charge in [-0.2, -0.15) is 0 Å². The highest BCUT2D eigenvalue weighted by molar-refractivity contribution is 6.02. The molecule has 1 amide bonds. The van der Waals surface area contributed by atoms with E-state index in [4.69, 9.17) is 9.84 Å². The van der Waals surface area contributed by atoms with Gasteiger partial charge in [-0.15, -0.1) is 0 Å². The number of carbonyl (C=O) groups excluding carboxylic acids is 2. The Morgan fingerprint density at radius 1 is 1.44 bits per heavy atom. The molecule has 18 heavy (non-hydrogen) atoms. The molecule has 0 unspecified atom stereocenters. The maximum atomic E-state index is 11.6. The van der Waals surface area contributed by atoms with Gasteiger partial charge in [0.1, 0.15) is 12.3 Å². The van der Waals surface area contributed by atoms with Crippen molar-refractivity contribution in [3.63, 3.8) is 0 Å². The highest BCUT2D eigenvalue weighted by atomic mass is 16.5. The molecule has 94 valence electrons. The van der Waals surface area contributed by atoms with Crippen LogP contribution in [0.25, 0.3) is 0 Å². The predicted octanol–water partition coefficient (Wildman–Crippen LogP) is 0.699. The van der Waals surface area contributed by atoms with Crippen molar-refractivity contribution in [1.29, 1.82) is 0 Å². The fraction of sp³-hybridized carbons (Fsp3) is 0.250. The number of nitrogens with zero attached hydrogens (tertiary/aromatic N) is 1. The lowest BCUT2D eigenvalue weighted by Gasteiger charge is -2.28. The third kappa shape index (κ3) is 2.17. The first kappa shape index (κ1) is 12.1. The molecule has 1 heterocycles. The second-order valence-corrected chi connectivity index (χ2v) is 3.90. The molecule has 0 spiro atoms. The number of fused-ring (bicyclic) bond motifs is 1. The first-order valence-corrected chi connectivity index (χ1v) is 5.29. The maximum absolute atomic E-state index is 11.6. The van der Waals surface area contributed by atoms with Gasteiger partial charge in [0.2, 0.25) is 0 Å². The van der Waals surface area contributed by atoms with Gasteiger partial charge in [-0.1, -0.05) is 0 Å². The number of hydrogen-bond donors (Lipinski definition) is 1. The molecule has 6 nitrogen and oxygen atoms in total. The van der Waals surface area contributed by atoms with E-state index in [1.807, 2.05) is 0 Å². The van der Waals surface area contributed by atoms with Crippen LogP contribution in [0.1, 0.15) is 17.3 Å². The topological polar surface area (TPSA) is 83.9 Å². The molecule has 1 aliphatic rings. The lowest BCUT2D eigenvalue weighted by Crippen LogP contribution is -2.41. The molecule has 1 aromatic carbocycles.